The Morgan fingerprint density at radius 3 is 2.65 bits per heavy atom. The summed E-state index contributed by atoms with van der Waals surface area (Å²) in [5.41, 5.74) is 1.34. The fourth-order valence-electron chi connectivity index (χ4n) is 1.64. The van der Waals surface area contributed by atoms with Crippen molar-refractivity contribution >= 4 is 34.9 Å². The van der Waals surface area contributed by atoms with Crippen molar-refractivity contribution in [1.82, 2.24) is 9.97 Å². The summed E-state index contributed by atoms with van der Waals surface area (Å²) in [5.74, 6) is 0.333. The molecule has 0 aliphatic carbocycles. The van der Waals surface area contributed by atoms with E-state index in [1.165, 1.54) is 13.2 Å². The van der Waals surface area contributed by atoms with Crippen molar-refractivity contribution in [3.05, 3.63) is 45.8 Å². The summed E-state index contributed by atoms with van der Waals surface area (Å²) in [7, 11) is 1.50. The van der Waals surface area contributed by atoms with Crippen molar-refractivity contribution in [3.8, 4) is 5.75 Å². The van der Waals surface area contributed by atoms with Gasteiger partial charge in [-0.3, -0.25) is 4.79 Å². The second kappa shape index (κ2) is 6.07. The molecule has 0 spiro atoms. The van der Waals surface area contributed by atoms with Crippen molar-refractivity contribution in [2.24, 2.45) is 0 Å². The summed E-state index contributed by atoms with van der Waals surface area (Å²) >= 11 is 11.4. The summed E-state index contributed by atoms with van der Waals surface area (Å²) in [6.07, 6.45) is 0. The van der Waals surface area contributed by atoms with Gasteiger partial charge in [-0.25, -0.2) is 9.97 Å². The van der Waals surface area contributed by atoms with Crippen LogP contribution in [0, 0.1) is 6.92 Å². The lowest BCUT2D eigenvalue weighted by Gasteiger charge is -2.10. The third-order valence-corrected chi connectivity index (χ3v) is 2.87. The highest BCUT2D eigenvalue weighted by molar-refractivity contribution is 6.32. The number of hydrogen-bond acceptors (Lipinski definition) is 4. The molecule has 2 aromatic rings. The van der Waals surface area contributed by atoms with Gasteiger partial charge in [-0.15, -0.1) is 0 Å². The van der Waals surface area contributed by atoms with Crippen LogP contribution in [-0.2, 0) is 0 Å². The van der Waals surface area contributed by atoms with E-state index in [4.69, 9.17) is 27.9 Å². The number of carbonyl (C=O) groups is 1. The van der Waals surface area contributed by atoms with Crippen LogP contribution in [-0.4, -0.2) is 23.0 Å². The molecule has 1 amide bonds. The zero-order valence-electron chi connectivity index (χ0n) is 10.8. The molecule has 0 unspecified atom stereocenters. The average Bonchev–Trinajstić information content (AvgIpc) is 2.37. The molecule has 20 heavy (non-hydrogen) atoms. The molecule has 0 aliphatic heterocycles. The molecule has 1 aromatic carbocycles. The molecule has 1 N–H and O–H groups in total. The van der Waals surface area contributed by atoms with Crippen LogP contribution >= 0.6 is 23.2 Å². The van der Waals surface area contributed by atoms with E-state index in [9.17, 15) is 4.79 Å². The maximum atomic E-state index is 12.2. The van der Waals surface area contributed by atoms with Gasteiger partial charge >= 0.3 is 0 Å². The molecule has 1 aromatic heterocycles. The van der Waals surface area contributed by atoms with Crippen molar-refractivity contribution < 1.29 is 9.53 Å². The quantitative estimate of drug-likeness (QED) is 0.697. The summed E-state index contributed by atoms with van der Waals surface area (Å²) in [6, 6.07) is 6.71. The van der Waals surface area contributed by atoms with Gasteiger partial charge in [0.15, 0.2) is 0 Å². The van der Waals surface area contributed by atoms with Crippen LogP contribution in [0.25, 0.3) is 0 Å². The van der Waals surface area contributed by atoms with Gasteiger partial charge < -0.3 is 10.1 Å². The van der Waals surface area contributed by atoms with Gasteiger partial charge in [0.1, 0.15) is 16.7 Å². The number of rotatable bonds is 3. The van der Waals surface area contributed by atoms with E-state index in [0.29, 0.717) is 11.3 Å². The molecule has 0 saturated heterocycles. The van der Waals surface area contributed by atoms with Crippen LogP contribution in [0.5, 0.6) is 5.75 Å². The highest BCUT2D eigenvalue weighted by atomic mass is 35.5. The SMILES string of the molecule is COc1ccc(C)cc1C(=O)Nc1cc(Cl)nc(Cl)n1. The summed E-state index contributed by atoms with van der Waals surface area (Å²) < 4.78 is 5.16. The number of carbonyl (C=O) groups excluding carboxylic acids is 1. The van der Waals surface area contributed by atoms with Gasteiger partial charge in [-0.05, 0) is 30.7 Å². The number of aryl methyl sites for hydroxylation is 1. The van der Waals surface area contributed by atoms with E-state index in [-0.39, 0.29) is 22.2 Å². The Morgan fingerprint density at radius 2 is 2.00 bits per heavy atom. The number of halogens is 2. The largest absolute Gasteiger partial charge is 0.496 e. The standard InChI is InChI=1S/C13H11Cl2N3O2/c1-7-3-4-9(20-2)8(5-7)12(19)17-11-6-10(14)16-13(15)18-11/h3-6H,1-2H3,(H,16,17,18,19). The summed E-state index contributed by atoms with van der Waals surface area (Å²) in [6.45, 7) is 1.88. The first-order valence-corrected chi connectivity index (χ1v) is 6.41. The topological polar surface area (TPSA) is 64.1 Å². The maximum absolute atomic E-state index is 12.2. The van der Waals surface area contributed by atoms with Crippen molar-refractivity contribution in [3.63, 3.8) is 0 Å². The maximum Gasteiger partial charge on any atom is 0.260 e. The van der Waals surface area contributed by atoms with E-state index in [1.807, 2.05) is 13.0 Å². The van der Waals surface area contributed by atoms with Crippen LogP contribution in [0.1, 0.15) is 15.9 Å². The van der Waals surface area contributed by atoms with Gasteiger partial charge in [0.2, 0.25) is 5.28 Å². The lowest BCUT2D eigenvalue weighted by atomic mass is 10.1. The zero-order valence-corrected chi connectivity index (χ0v) is 12.3. The molecule has 5 nitrogen and oxygen atoms in total. The normalized spacial score (nSPS) is 10.2. The van der Waals surface area contributed by atoms with E-state index in [1.54, 1.807) is 12.1 Å². The number of hydrogen-bond donors (Lipinski definition) is 1. The number of nitrogens with one attached hydrogen (secondary N) is 1. The van der Waals surface area contributed by atoms with Gasteiger partial charge in [-0.2, -0.15) is 0 Å². The Labute approximate surface area is 125 Å². The van der Waals surface area contributed by atoms with E-state index < -0.39 is 0 Å². The third kappa shape index (κ3) is 3.37. The first kappa shape index (κ1) is 14.6. The van der Waals surface area contributed by atoms with E-state index >= 15 is 0 Å². The van der Waals surface area contributed by atoms with E-state index in [2.05, 4.69) is 15.3 Å². The van der Waals surface area contributed by atoms with Crippen molar-refractivity contribution in [2.75, 3.05) is 12.4 Å². The highest BCUT2D eigenvalue weighted by Crippen LogP contribution is 2.21. The molecular formula is C13H11Cl2N3O2. The monoisotopic (exact) mass is 311 g/mol. The lowest BCUT2D eigenvalue weighted by Crippen LogP contribution is -2.14. The predicted molar refractivity (Wildman–Crippen MR) is 77.7 cm³/mol. The average molecular weight is 312 g/mol. The number of methoxy groups -OCH3 is 1. The third-order valence-electron chi connectivity index (χ3n) is 2.51. The fraction of sp³-hybridized carbons (Fsp3) is 0.154. The molecule has 0 fully saturated rings. The molecular weight excluding hydrogens is 301 g/mol. The van der Waals surface area contributed by atoms with Gasteiger partial charge in [-0.1, -0.05) is 23.2 Å². The van der Waals surface area contributed by atoms with Crippen molar-refractivity contribution in [2.45, 2.75) is 6.92 Å². The highest BCUT2D eigenvalue weighted by Gasteiger charge is 2.14. The molecule has 2 rings (SSSR count). The Hall–Kier alpha value is -1.85. The molecule has 7 heteroatoms. The number of nitrogens with zero attached hydrogens (tertiary/aromatic N) is 2. The molecule has 0 bridgehead atoms. The smallest absolute Gasteiger partial charge is 0.260 e. The van der Waals surface area contributed by atoms with E-state index in [0.717, 1.165) is 5.56 Å². The van der Waals surface area contributed by atoms with Crippen molar-refractivity contribution in [1.29, 1.82) is 0 Å². The molecule has 0 saturated carbocycles. The Morgan fingerprint density at radius 1 is 1.25 bits per heavy atom. The van der Waals surface area contributed by atoms with Gasteiger partial charge in [0.05, 0.1) is 12.7 Å². The minimum Gasteiger partial charge on any atom is -0.496 e. The van der Waals surface area contributed by atoms with Crippen LogP contribution < -0.4 is 10.1 Å². The van der Waals surface area contributed by atoms with Crippen LogP contribution in [0.3, 0.4) is 0 Å². The molecule has 104 valence electrons. The Bertz CT molecular complexity index is 642. The summed E-state index contributed by atoms with van der Waals surface area (Å²) in [5, 5.41) is 2.71. The molecule has 0 atom stereocenters. The lowest BCUT2D eigenvalue weighted by molar-refractivity contribution is 0.102. The predicted octanol–water partition coefficient (Wildman–Crippen LogP) is 3.35. The summed E-state index contributed by atoms with van der Waals surface area (Å²) in [4.78, 5) is 19.8. The zero-order chi connectivity index (χ0) is 14.7. The molecule has 0 aliphatic rings. The minimum absolute atomic E-state index is 0.0380. The first-order valence-electron chi connectivity index (χ1n) is 5.65. The fourth-order valence-corrected chi connectivity index (χ4v) is 2.05. The van der Waals surface area contributed by atoms with Crippen LogP contribution in [0.4, 0.5) is 5.82 Å². The second-order valence-electron chi connectivity index (χ2n) is 4.00. The number of anilines is 1. The first-order chi connectivity index (χ1) is 9.49. The number of ether oxygens (including phenoxy) is 1. The minimum atomic E-state index is -0.364. The molecule has 0 radical (unpaired) electrons. The number of benzene rings is 1. The molecule has 1 heterocycles. The number of aromatic nitrogens is 2. The second-order valence-corrected chi connectivity index (χ2v) is 4.73. The Balaban J connectivity index is 2.30. The van der Waals surface area contributed by atoms with Gasteiger partial charge in [0.25, 0.3) is 5.91 Å². The van der Waals surface area contributed by atoms with Crippen LogP contribution in [0.2, 0.25) is 10.4 Å². The van der Waals surface area contributed by atoms with Crippen LogP contribution in [0.15, 0.2) is 24.3 Å². The van der Waals surface area contributed by atoms with Gasteiger partial charge in [0, 0.05) is 6.07 Å². The Kier molecular flexibility index (Phi) is 4.42. The number of amides is 1.